The maximum atomic E-state index is 14.5. The minimum absolute atomic E-state index is 0.0659. The molecule has 0 saturated carbocycles. The fourth-order valence-corrected chi connectivity index (χ4v) is 5.12. The van der Waals surface area contributed by atoms with Gasteiger partial charge in [0.05, 0.1) is 30.5 Å². The zero-order valence-electron chi connectivity index (χ0n) is 23.5. The maximum Gasteiger partial charge on any atom is 0.256 e. The van der Waals surface area contributed by atoms with Crippen molar-refractivity contribution in [1.29, 1.82) is 0 Å². The van der Waals surface area contributed by atoms with E-state index < -0.39 is 5.82 Å². The standard InChI is InChI=1S/C33H37FN2O4/c1-22-10-11-27(17-23(22)2)40-31-13-12-26(19-29(31)34)38-15-6-4-5-7-16-39-32-20-30-28(18-24(32)3)33(37)36-14-8-9-25(36)21-35-30/h10-13,17-21,25H,4-9,14-16H2,1-3H3/t25-/m0/s1. The van der Waals surface area contributed by atoms with Gasteiger partial charge in [-0.2, -0.15) is 0 Å². The van der Waals surface area contributed by atoms with Gasteiger partial charge in [-0.1, -0.05) is 6.07 Å². The van der Waals surface area contributed by atoms with Crippen molar-refractivity contribution < 1.29 is 23.4 Å². The Morgan fingerprint density at radius 2 is 1.62 bits per heavy atom. The van der Waals surface area contributed by atoms with Gasteiger partial charge in [-0.05, 0) is 106 Å². The summed E-state index contributed by atoms with van der Waals surface area (Å²) in [4.78, 5) is 19.5. The van der Waals surface area contributed by atoms with Gasteiger partial charge >= 0.3 is 0 Å². The first-order valence-corrected chi connectivity index (χ1v) is 14.2. The molecule has 0 aromatic heterocycles. The van der Waals surface area contributed by atoms with Crippen molar-refractivity contribution in [3.63, 3.8) is 0 Å². The molecule has 1 atom stereocenters. The number of halogens is 1. The molecule has 5 rings (SSSR count). The number of amides is 1. The van der Waals surface area contributed by atoms with E-state index in [-0.39, 0.29) is 17.7 Å². The molecule has 1 saturated heterocycles. The predicted molar refractivity (Wildman–Crippen MR) is 155 cm³/mol. The maximum absolute atomic E-state index is 14.5. The van der Waals surface area contributed by atoms with Crippen LogP contribution in [-0.2, 0) is 0 Å². The Morgan fingerprint density at radius 1 is 0.850 bits per heavy atom. The predicted octanol–water partition coefficient (Wildman–Crippen LogP) is 7.88. The Morgan fingerprint density at radius 3 is 2.40 bits per heavy atom. The molecule has 210 valence electrons. The molecule has 1 fully saturated rings. The summed E-state index contributed by atoms with van der Waals surface area (Å²) in [7, 11) is 0. The molecule has 2 aliphatic heterocycles. The Labute approximate surface area is 235 Å². The number of aryl methyl sites for hydroxylation is 3. The van der Waals surface area contributed by atoms with Crippen LogP contribution in [0.1, 0.15) is 65.6 Å². The van der Waals surface area contributed by atoms with Crippen molar-refractivity contribution in [3.05, 3.63) is 76.6 Å². The minimum Gasteiger partial charge on any atom is -0.493 e. The van der Waals surface area contributed by atoms with Gasteiger partial charge in [0.25, 0.3) is 5.91 Å². The van der Waals surface area contributed by atoms with Crippen LogP contribution < -0.4 is 14.2 Å². The van der Waals surface area contributed by atoms with Gasteiger partial charge in [0.2, 0.25) is 0 Å². The zero-order chi connectivity index (χ0) is 28.1. The number of hydrogen-bond donors (Lipinski definition) is 0. The summed E-state index contributed by atoms with van der Waals surface area (Å²) in [5, 5.41) is 0. The Balaban J connectivity index is 1.02. The molecule has 0 aliphatic carbocycles. The first kappa shape index (κ1) is 27.7. The molecule has 2 aliphatic rings. The molecule has 40 heavy (non-hydrogen) atoms. The largest absolute Gasteiger partial charge is 0.493 e. The third-order valence-electron chi connectivity index (χ3n) is 7.64. The number of carbonyl (C=O) groups excluding carboxylic acids is 1. The molecule has 3 aromatic rings. The van der Waals surface area contributed by atoms with Crippen LogP contribution in [0, 0.1) is 26.6 Å². The van der Waals surface area contributed by atoms with Crippen LogP contribution in [0.15, 0.2) is 53.5 Å². The van der Waals surface area contributed by atoms with Crippen molar-refractivity contribution in [2.75, 3.05) is 19.8 Å². The van der Waals surface area contributed by atoms with E-state index in [4.69, 9.17) is 14.2 Å². The molecular formula is C33H37FN2O4. The molecular weight excluding hydrogens is 507 g/mol. The fourth-order valence-electron chi connectivity index (χ4n) is 5.12. The Kier molecular flexibility index (Phi) is 8.68. The fraction of sp³-hybridized carbons (Fsp3) is 0.394. The van der Waals surface area contributed by atoms with Crippen LogP contribution in [0.25, 0.3) is 0 Å². The molecule has 0 spiro atoms. The van der Waals surface area contributed by atoms with Crippen molar-refractivity contribution >= 4 is 17.8 Å². The minimum atomic E-state index is -0.448. The first-order chi connectivity index (χ1) is 19.4. The van der Waals surface area contributed by atoms with Gasteiger partial charge in [0, 0.05) is 24.9 Å². The van der Waals surface area contributed by atoms with Crippen molar-refractivity contribution in [2.45, 2.75) is 65.3 Å². The topological polar surface area (TPSA) is 60.4 Å². The quantitative estimate of drug-likeness (QED) is 0.230. The summed E-state index contributed by atoms with van der Waals surface area (Å²) >= 11 is 0. The molecule has 0 bridgehead atoms. The van der Waals surface area contributed by atoms with Gasteiger partial charge in [-0.25, -0.2) is 4.39 Å². The smallest absolute Gasteiger partial charge is 0.256 e. The van der Waals surface area contributed by atoms with Crippen LogP contribution in [0.2, 0.25) is 0 Å². The van der Waals surface area contributed by atoms with Gasteiger partial charge in [-0.3, -0.25) is 9.79 Å². The summed E-state index contributed by atoms with van der Waals surface area (Å²) in [6.45, 7) is 7.91. The second kappa shape index (κ2) is 12.5. The average Bonchev–Trinajstić information content (AvgIpc) is 3.37. The number of nitrogens with zero attached hydrogens (tertiary/aromatic N) is 2. The molecule has 0 radical (unpaired) electrons. The monoisotopic (exact) mass is 544 g/mol. The van der Waals surface area contributed by atoms with Crippen molar-refractivity contribution in [3.8, 4) is 23.0 Å². The SMILES string of the molecule is Cc1ccc(Oc2ccc(OCCCCCCOc3cc4c(cc3C)C(=O)N3CCC[C@H]3C=N4)cc2F)cc1C. The van der Waals surface area contributed by atoms with E-state index in [1.54, 1.807) is 12.1 Å². The number of carbonyl (C=O) groups is 1. The highest BCUT2D eigenvalue weighted by Gasteiger charge is 2.32. The second-order valence-corrected chi connectivity index (χ2v) is 10.7. The van der Waals surface area contributed by atoms with Crippen LogP contribution in [0.5, 0.6) is 23.0 Å². The number of aliphatic imine (C=N–C) groups is 1. The van der Waals surface area contributed by atoms with Crippen molar-refractivity contribution in [1.82, 2.24) is 4.90 Å². The highest BCUT2D eigenvalue weighted by molar-refractivity contribution is 6.03. The summed E-state index contributed by atoms with van der Waals surface area (Å²) in [5.74, 6) is 1.68. The summed E-state index contributed by atoms with van der Waals surface area (Å²) < 4.78 is 32.0. The first-order valence-electron chi connectivity index (χ1n) is 14.2. The Bertz CT molecular complexity index is 1400. The highest BCUT2D eigenvalue weighted by Crippen LogP contribution is 2.34. The summed E-state index contributed by atoms with van der Waals surface area (Å²) in [6, 6.07) is 14.3. The molecule has 1 amide bonds. The highest BCUT2D eigenvalue weighted by atomic mass is 19.1. The average molecular weight is 545 g/mol. The van der Waals surface area contributed by atoms with Crippen LogP contribution in [-0.4, -0.2) is 42.8 Å². The van der Waals surface area contributed by atoms with Crippen LogP contribution >= 0.6 is 0 Å². The third kappa shape index (κ3) is 6.46. The van der Waals surface area contributed by atoms with Crippen molar-refractivity contribution in [2.24, 2.45) is 4.99 Å². The lowest BCUT2D eigenvalue weighted by Crippen LogP contribution is -2.35. The van der Waals surface area contributed by atoms with Gasteiger partial charge in [-0.15, -0.1) is 0 Å². The van der Waals surface area contributed by atoms with Crippen LogP contribution in [0.4, 0.5) is 10.1 Å². The van der Waals surface area contributed by atoms with E-state index >= 15 is 0 Å². The lowest BCUT2D eigenvalue weighted by atomic mass is 10.1. The Hall–Kier alpha value is -3.87. The number of rotatable bonds is 11. The van der Waals surface area contributed by atoms with E-state index in [0.717, 1.165) is 67.5 Å². The van der Waals surface area contributed by atoms with E-state index in [1.807, 2.05) is 62.2 Å². The molecule has 7 heteroatoms. The van der Waals surface area contributed by atoms with E-state index in [0.29, 0.717) is 36.0 Å². The summed E-state index contributed by atoms with van der Waals surface area (Å²) in [5.41, 5.74) is 4.57. The number of ether oxygens (including phenoxy) is 3. The normalized spacial score (nSPS) is 15.9. The molecule has 0 unspecified atom stereocenters. The van der Waals surface area contributed by atoms with Gasteiger partial charge in [0.15, 0.2) is 11.6 Å². The number of hydrogen-bond acceptors (Lipinski definition) is 5. The molecule has 2 heterocycles. The van der Waals surface area contributed by atoms with Gasteiger partial charge in [0.1, 0.15) is 17.2 Å². The van der Waals surface area contributed by atoms with E-state index in [2.05, 4.69) is 4.99 Å². The lowest BCUT2D eigenvalue weighted by molar-refractivity contribution is 0.0774. The number of benzene rings is 3. The second-order valence-electron chi connectivity index (χ2n) is 10.7. The van der Waals surface area contributed by atoms with Crippen LogP contribution in [0.3, 0.4) is 0 Å². The number of unbranched alkanes of at least 4 members (excludes halogenated alkanes) is 3. The summed E-state index contributed by atoms with van der Waals surface area (Å²) in [6.07, 6.45) is 7.67. The van der Waals surface area contributed by atoms with Gasteiger partial charge < -0.3 is 19.1 Å². The third-order valence-corrected chi connectivity index (χ3v) is 7.64. The molecule has 0 N–H and O–H groups in total. The number of fused-ring (bicyclic) bond motifs is 2. The van der Waals surface area contributed by atoms with E-state index in [1.165, 1.54) is 6.07 Å². The lowest BCUT2D eigenvalue weighted by Gasteiger charge is -2.20. The zero-order valence-corrected chi connectivity index (χ0v) is 23.5. The molecule has 6 nitrogen and oxygen atoms in total. The molecule has 3 aromatic carbocycles. The van der Waals surface area contributed by atoms with E-state index in [9.17, 15) is 9.18 Å².